The summed E-state index contributed by atoms with van der Waals surface area (Å²) in [6, 6.07) is 0. The van der Waals surface area contributed by atoms with Crippen LogP contribution in [0.4, 0.5) is 0 Å². The lowest BCUT2D eigenvalue weighted by Gasteiger charge is -2.13. The smallest absolute Gasteiger partial charge is 0.331 e. The second kappa shape index (κ2) is 10.4. The zero-order chi connectivity index (χ0) is 17.1. The van der Waals surface area contributed by atoms with Crippen LogP contribution in [0, 0.1) is 0 Å². The number of hydrogen-bond acceptors (Lipinski definition) is 8. The van der Waals surface area contributed by atoms with Crippen molar-refractivity contribution in [1.82, 2.24) is 0 Å². The Labute approximate surface area is 133 Å². The summed E-state index contributed by atoms with van der Waals surface area (Å²) in [5.41, 5.74) is 0. The van der Waals surface area contributed by atoms with Crippen LogP contribution in [0.25, 0.3) is 0 Å². The van der Waals surface area contributed by atoms with E-state index in [1.165, 1.54) is 0 Å². The minimum atomic E-state index is -0.506. The summed E-state index contributed by atoms with van der Waals surface area (Å²) in [6.07, 6.45) is 3.54. The van der Waals surface area contributed by atoms with Crippen molar-refractivity contribution >= 4 is 23.9 Å². The van der Waals surface area contributed by atoms with Crippen LogP contribution in [0.3, 0.4) is 0 Å². The van der Waals surface area contributed by atoms with E-state index in [2.05, 4.69) is 4.74 Å². The highest BCUT2D eigenvalue weighted by molar-refractivity contribution is 5.92. The fourth-order valence-electron chi connectivity index (χ4n) is 1.58. The van der Waals surface area contributed by atoms with E-state index < -0.39 is 11.9 Å². The molecule has 0 saturated carbocycles. The van der Waals surface area contributed by atoms with Gasteiger partial charge in [-0.1, -0.05) is 0 Å². The van der Waals surface area contributed by atoms with Crippen molar-refractivity contribution in [2.45, 2.75) is 38.7 Å². The molecule has 0 aliphatic carbocycles. The van der Waals surface area contributed by atoms with Crippen LogP contribution >= 0.6 is 0 Å². The second-order valence-corrected chi connectivity index (χ2v) is 4.86. The maximum atomic E-state index is 10.8. The predicted octanol–water partition coefficient (Wildman–Crippen LogP) is 0.678. The normalized spacial score (nSPS) is 22.9. The van der Waals surface area contributed by atoms with Crippen molar-refractivity contribution < 1.29 is 38.1 Å². The van der Waals surface area contributed by atoms with Crippen LogP contribution in [-0.2, 0) is 38.1 Å². The van der Waals surface area contributed by atoms with E-state index in [1.54, 1.807) is 6.92 Å². The quantitative estimate of drug-likeness (QED) is 0.472. The number of carbonyl (C=O) groups excluding carboxylic acids is 4. The third-order valence-corrected chi connectivity index (χ3v) is 2.73. The number of hydrogen-bond donors (Lipinski definition) is 0. The van der Waals surface area contributed by atoms with Gasteiger partial charge in [0.15, 0.2) is 0 Å². The molecule has 2 heterocycles. The van der Waals surface area contributed by atoms with E-state index in [1.807, 2.05) is 0 Å². The number of esters is 4. The highest BCUT2D eigenvalue weighted by atomic mass is 16.6. The standard InChI is InChI=1S/C8H12O4.C7H8O4/c9-7-3-4-8(10)12-6-2-1-5-11-7;1-5-4-10-6(8)2-3-7(9)11-5/h1-6H2;2-3,5H,4H2,1H3. The lowest BCUT2D eigenvalue weighted by Crippen LogP contribution is -2.23. The van der Waals surface area contributed by atoms with E-state index in [4.69, 9.17) is 14.2 Å². The molecule has 0 aromatic heterocycles. The molecule has 0 N–H and O–H groups in total. The monoisotopic (exact) mass is 328 g/mol. The average molecular weight is 328 g/mol. The number of ether oxygens (including phenoxy) is 4. The topological polar surface area (TPSA) is 105 Å². The number of carbonyl (C=O) groups is 4. The van der Waals surface area contributed by atoms with Gasteiger partial charge in [0.1, 0.15) is 12.7 Å². The molecule has 0 spiro atoms. The summed E-state index contributed by atoms with van der Waals surface area (Å²) in [4.78, 5) is 42.9. The molecule has 128 valence electrons. The zero-order valence-corrected chi connectivity index (χ0v) is 12.9. The van der Waals surface area contributed by atoms with Crippen molar-refractivity contribution in [2.75, 3.05) is 19.8 Å². The zero-order valence-electron chi connectivity index (χ0n) is 12.9. The first kappa shape index (κ1) is 18.7. The fraction of sp³-hybridized carbons (Fsp3) is 0.600. The molecule has 0 amide bonds. The van der Waals surface area contributed by atoms with Gasteiger partial charge < -0.3 is 18.9 Å². The molecule has 0 bridgehead atoms. The third kappa shape index (κ3) is 9.28. The van der Waals surface area contributed by atoms with Gasteiger partial charge in [0.05, 0.1) is 26.1 Å². The van der Waals surface area contributed by atoms with Crippen LogP contribution in [0.5, 0.6) is 0 Å². The van der Waals surface area contributed by atoms with Gasteiger partial charge in [-0.3, -0.25) is 9.59 Å². The molecule has 1 atom stereocenters. The molecule has 8 nitrogen and oxygen atoms in total. The Morgan fingerprint density at radius 3 is 1.91 bits per heavy atom. The maximum Gasteiger partial charge on any atom is 0.331 e. The summed E-state index contributed by atoms with van der Waals surface area (Å²) >= 11 is 0. The molecule has 23 heavy (non-hydrogen) atoms. The number of rotatable bonds is 0. The Morgan fingerprint density at radius 1 is 0.826 bits per heavy atom. The van der Waals surface area contributed by atoms with E-state index in [9.17, 15) is 19.2 Å². The Morgan fingerprint density at radius 2 is 1.35 bits per heavy atom. The van der Waals surface area contributed by atoms with Crippen LogP contribution in [0.2, 0.25) is 0 Å². The van der Waals surface area contributed by atoms with Gasteiger partial charge in [0, 0.05) is 12.2 Å². The van der Waals surface area contributed by atoms with Crippen molar-refractivity contribution in [3.8, 4) is 0 Å². The molecule has 2 aliphatic heterocycles. The van der Waals surface area contributed by atoms with Gasteiger partial charge in [0.25, 0.3) is 0 Å². The predicted molar refractivity (Wildman–Crippen MR) is 76.0 cm³/mol. The minimum absolute atomic E-state index is 0.120. The van der Waals surface area contributed by atoms with Crippen LogP contribution < -0.4 is 0 Å². The SMILES string of the molecule is CC1COC(=O)C=CC(=O)O1.O=C1CCC(=O)OCCCCO1. The van der Waals surface area contributed by atoms with Crippen LogP contribution in [0.1, 0.15) is 32.6 Å². The lowest BCUT2D eigenvalue weighted by atomic mass is 10.3. The van der Waals surface area contributed by atoms with Gasteiger partial charge >= 0.3 is 23.9 Å². The molecule has 2 rings (SSSR count). The van der Waals surface area contributed by atoms with Gasteiger partial charge in [-0.25, -0.2) is 9.59 Å². The highest BCUT2D eigenvalue weighted by Gasteiger charge is 2.12. The molecule has 2 aliphatic rings. The summed E-state index contributed by atoms with van der Waals surface area (Å²) < 4.78 is 19.0. The largest absolute Gasteiger partial charge is 0.466 e. The van der Waals surface area contributed by atoms with Crippen molar-refractivity contribution in [3.63, 3.8) is 0 Å². The van der Waals surface area contributed by atoms with Crippen molar-refractivity contribution in [2.24, 2.45) is 0 Å². The Kier molecular flexibility index (Phi) is 8.41. The van der Waals surface area contributed by atoms with Crippen LogP contribution in [0.15, 0.2) is 12.2 Å². The van der Waals surface area contributed by atoms with E-state index in [0.29, 0.717) is 13.2 Å². The molecule has 8 heteroatoms. The summed E-state index contributed by atoms with van der Waals surface area (Å²) in [7, 11) is 0. The van der Waals surface area contributed by atoms with Crippen molar-refractivity contribution in [3.05, 3.63) is 12.2 Å². The first-order chi connectivity index (χ1) is 11.0. The molecule has 1 unspecified atom stereocenters. The minimum Gasteiger partial charge on any atom is -0.466 e. The average Bonchev–Trinajstić information content (AvgIpc) is 2.51. The molecule has 0 aromatic rings. The summed E-state index contributed by atoms with van der Waals surface area (Å²) in [5, 5.41) is 0. The maximum absolute atomic E-state index is 10.8. The summed E-state index contributed by atoms with van der Waals surface area (Å²) in [6.45, 7) is 2.66. The molecule has 0 aromatic carbocycles. The Hall–Kier alpha value is -2.38. The molecule has 1 fully saturated rings. The molecule has 1 saturated heterocycles. The van der Waals surface area contributed by atoms with E-state index >= 15 is 0 Å². The summed E-state index contributed by atoms with van der Waals surface area (Å²) in [5.74, 6) is -1.63. The van der Waals surface area contributed by atoms with Crippen molar-refractivity contribution in [1.29, 1.82) is 0 Å². The molecule has 0 radical (unpaired) electrons. The van der Waals surface area contributed by atoms with Crippen LogP contribution in [-0.4, -0.2) is 49.8 Å². The number of cyclic esters (lactones) is 4. The first-order valence-electron chi connectivity index (χ1n) is 7.34. The van der Waals surface area contributed by atoms with E-state index in [0.717, 1.165) is 25.0 Å². The second-order valence-electron chi connectivity index (χ2n) is 4.86. The Balaban J connectivity index is 0.000000231. The fourth-order valence-corrected chi connectivity index (χ4v) is 1.58. The molecular weight excluding hydrogens is 308 g/mol. The van der Waals surface area contributed by atoms with Gasteiger partial charge in [-0.15, -0.1) is 0 Å². The van der Waals surface area contributed by atoms with Gasteiger partial charge in [-0.2, -0.15) is 0 Å². The molecular formula is C15H20O8. The van der Waals surface area contributed by atoms with Gasteiger partial charge in [0.2, 0.25) is 0 Å². The Bertz CT molecular complexity index is 448. The first-order valence-corrected chi connectivity index (χ1v) is 7.34. The van der Waals surface area contributed by atoms with E-state index in [-0.39, 0.29) is 37.5 Å². The third-order valence-electron chi connectivity index (χ3n) is 2.73. The van der Waals surface area contributed by atoms with Gasteiger partial charge in [-0.05, 0) is 19.8 Å². The highest BCUT2D eigenvalue weighted by Crippen LogP contribution is 2.02. The lowest BCUT2D eigenvalue weighted by molar-refractivity contribution is -0.153.